The topological polar surface area (TPSA) is 81.7 Å². The van der Waals surface area contributed by atoms with E-state index in [1.807, 2.05) is 0 Å². The van der Waals surface area contributed by atoms with E-state index < -0.39 is 35.6 Å². The first-order chi connectivity index (χ1) is 15.8. The molecular weight excluding hydrogens is 606 g/mol. The number of hydrogen-bond acceptors (Lipinski definition) is 5. The van der Waals surface area contributed by atoms with E-state index in [0.717, 1.165) is 30.3 Å². The smallest absolute Gasteiger partial charge is 0.448 e. The van der Waals surface area contributed by atoms with Crippen LogP contribution in [-0.2, 0) is 6.18 Å². The molecule has 0 fully saturated rings. The number of fused-ring (bicyclic) bond motifs is 1. The standard InChI is InChI=1S/C19H8Br2F6N4O3/c20-13-6-5-11(33-13)10-7-12(18(22,23)24)31-16(29-10)14(21)15(30-31)17(32)28-8-1-3-9(4-2-8)34-19(25,26)27/h1-7H,(H,28,32). The third kappa shape index (κ3) is 5.04. The van der Waals surface area contributed by atoms with Gasteiger partial charge >= 0.3 is 12.5 Å². The van der Waals surface area contributed by atoms with Crippen molar-refractivity contribution in [1.29, 1.82) is 0 Å². The molecule has 0 aliphatic carbocycles. The normalized spacial score (nSPS) is 12.2. The van der Waals surface area contributed by atoms with Crippen molar-refractivity contribution in [3.05, 3.63) is 63.0 Å². The molecular formula is C19H8Br2F6N4O3. The number of hydrogen-bond donors (Lipinski definition) is 1. The molecule has 178 valence electrons. The quantitative estimate of drug-likeness (QED) is 0.260. The number of anilines is 1. The van der Waals surface area contributed by atoms with Gasteiger partial charge in [-0.1, -0.05) is 0 Å². The summed E-state index contributed by atoms with van der Waals surface area (Å²) in [5, 5.41) is 6.09. The molecule has 4 rings (SSSR count). The lowest BCUT2D eigenvalue weighted by molar-refractivity contribution is -0.274. The highest BCUT2D eigenvalue weighted by molar-refractivity contribution is 9.10. The lowest BCUT2D eigenvalue weighted by atomic mass is 10.2. The molecule has 34 heavy (non-hydrogen) atoms. The minimum atomic E-state index is -4.89. The Bertz CT molecular complexity index is 1380. The van der Waals surface area contributed by atoms with Gasteiger partial charge in [0.15, 0.2) is 27.5 Å². The fourth-order valence-corrected chi connectivity index (χ4v) is 3.67. The van der Waals surface area contributed by atoms with Gasteiger partial charge in [-0.15, -0.1) is 13.2 Å². The fourth-order valence-electron chi connectivity index (χ4n) is 2.85. The monoisotopic (exact) mass is 612 g/mol. The third-order valence-corrected chi connectivity index (χ3v) is 5.37. The lowest BCUT2D eigenvalue weighted by Gasteiger charge is -2.10. The number of halogens is 8. The van der Waals surface area contributed by atoms with Crippen molar-refractivity contribution in [2.24, 2.45) is 0 Å². The van der Waals surface area contributed by atoms with Gasteiger partial charge in [0.05, 0.1) is 4.47 Å². The van der Waals surface area contributed by atoms with Gasteiger partial charge in [-0.05, 0) is 74.3 Å². The van der Waals surface area contributed by atoms with Crippen LogP contribution >= 0.6 is 31.9 Å². The van der Waals surface area contributed by atoms with E-state index in [1.54, 1.807) is 0 Å². The van der Waals surface area contributed by atoms with Crippen LogP contribution < -0.4 is 10.1 Å². The highest BCUT2D eigenvalue weighted by atomic mass is 79.9. The van der Waals surface area contributed by atoms with Gasteiger partial charge < -0.3 is 14.5 Å². The molecule has 0 aliphatic rings. The Labute approximate surface area is 202 Å². The van der Waals surface area contributed by atoms with Crippen LogP contribution in [0, 0.1) is 0 Å². The first-order valence-electron chi connectivity index (χ1n) is 8.91. The van der Waals surface area contributed by atoms with E-state index >= 15 is 0 Å². The van der Waals surface area contributed by atoms with Crippen molar-refractivity contribution < 1.29 is 40.3 Å². The van der Waals surface area contributed by atoms with Gasteiger partial charge in [-0.3, -0.25) is 4.79 Å². The van der Waals surface area contributed by atoms with Gasteiger partial charge in [0.2, 0.25) is 0 Å². The molecule has 0 unspecified atom stereocenters. The summed E-state index contributed by atoms with van der Waals surface area (Å²) in [5.41, 5.74) is -2.07. The average Bonchev–Trinajstić information content (AvgIpc) is 3.30. The summed E-state index contributed by atoms with van der Waals surface area (Å²) in [6, 6.07) is 7.76. The van der Waals surface area contributed by atoms with Crippen LogP contribution in [0.15, 0.2) is 56.0 Å². The first-order valence-corrected chi connectivity index (χ1v) is 10.5. The van der Waals surface area contributed by atoms with Crippen LogP contribution in [0.25, 0.3) is 17.1 Å². The summed E-state index contributed by atoms with van der Waals surface area (Å²) in [4.78, 5) is 16.8. The SMILES string of the molecule is O=C(Nc1ccc(OC(F)(F)F)cc1)c1nn2c(C(F)(F)F)cc(-c3ccc(Br)o3)nc2c1Br. The van der Waals surface area contributed by atoms with Gasteiger partial charge in [0, 0.05) is 5.69 Å². The predicted octanol–water partition coefficient (Wildman–Crippen LogP) is 6.68. The second-order valence-electron chi connectivity index (χ2n) is 6.55. The molecule has 0 atom stereocenters. The number of benzene rings is 1. The van der Waals surface area contributed by atoms with Gasteiger partial charge in [0.25, 0.3) is 5.91 Å². The number of carbonyl (C=O) groups is 1. The Morgan fingerprint density at radius 2 is 1.71 bits per heavy atom. The number of nitrogens with one attached hydrogen (secondary N) is 1. The molecule has 1 amide bonds. The molecule has 3 aromatic heterocycles. The predicted molar refractivity (Wildman–Crippen MR) is 112 cm³/mol. The zero-order chi connectivity index (χ0) is 24.8. The number of aromatic nitrogens is 3. The molecule has 0 bridgehead atoms. The Hall–Kier alpha value is -3.07. The summed E-state index contributed by atoms with van der Waals surface area (Å²) in [5.74, 6) is -1.41. The molecule has 7 nitrogen and oxygen atoms in total. The Morgan fingerprint density at radius 3 is 2.26 bits per heavy atom. The summed E-state index contributed by atoms with van der Waals surface area (Å²) in [7, 11) is 0. The number of amides is 1. The molecule has 1 aromatic carbocycles. The van der Waals surface area contributed by atoms with Crippen LogP contribution in [0.2, 0.25) is 0 Å². The zero-order valence-corrected chi connectivity index (χ0v) is 19.3. The summed E-state index contributed by atoms with van der Waals surface area (Å²) in [6.07, 6.45) is -9.74. The van der Waals surface area contributed by atoms with E-state index in [2.05, 4.69) is 52.0 Å². The average molecular weight is 614 g/mol. The molecule has 0 radical (unpaired) electrons. The van der Waals surface area contributed by atoms with Crippen molar-refractivity contribution in [2.75, 3.05) is 5.32 Å². The van der Waals surface area contributed by atoms with Gasteiger partial charge in [0.1, 0.15) is 11.4 Å². The van der Waals surface area contributed by atoms with Crippen LogP contribution in [-0.4, -0.2) is 26.9 Å². The van der Waals surface area contributed by atoms with E-state index in [-0.39, 0.29) is 31.9 Å². The molecule has 0 aliphatic heterocycles. The number of nitrogens with zero attached hydrogens (tertiary/aromatic N) is 3. The largest absolute Gasteiger partial charge is 0.573 e. The first kappa shape index (κ1) is 24.1. The van der Waals surface area contributed by atoms with Crippen molar-refractivity contribution in [3.63, 3.8) is 0 Å². The molecule has 0 spiro atoms. The van der Waals surface area contributed by atoms with Crippen molar-refractivity contribution in [2.45, 2.75) is 12.5 Å². The highest BCUT2D eigenvalue weighted by Gasteiger charge is 2.37. The minimum absolute atomic E-state index is 0.0418. The van der Waals surface area contributed by atoms with Crippen LogP contribution in [0.3, 0.4) is 0 Å². The molecule has 3 heterocycles. The number of furan rings is 1. The summed E-state index contributed by atoms with van der Waals surface area (Å²) in [6.45, 7) is 0. The minimum Gasteiger partial charge on any atom is -0.448 e. The molecule has 0 saturated carbocycles. The highest BCUT2D eigenvalue weighted by Crippen LogP contribution is 2.35. The summed E-state index contributed by atoms with van der Waals surface area (Å²) >= 11 is 6.13. The van der Waals surface area contributed by atoms with E-state index in [1.165, 1.54) is 12.1 Å². The van der Waals surface area contributed by atoms with E-state index in [9.17, 15) is 31.1 Å². The second-order valence-corrected chi connectivity index (χ2v) is 8.13. The Morgan fingerprint density at radius 1 is 1.03 bits per heavy atom. The van der Waals surface area contributed by atoms with Crippen LogP contribution in [0.5, 0.6) is 5.75 Å². The molecule has 15 heteroatoms. The molecule has 4 aromatic rings. The van der Waals surface area contributed by atoms with E-state index in [0.29, 0.717) is 4.52 Å². The Balaban J connectivity index is 1.70. The van der Waals surface area contributed by atoms with Gasteiger partial charge in [-0.2, -0.15) is 18.3 Å². The Kier molecular flexibility index (Phi) is 6.10. The van der Waals surface area contributed by atoms with E-state index in [4.69, 9.17) is 4.42 Å². The summed E-state index contributed by atoms with van der Waals surface area (Å²) < 4.78 is 87.6. The maximum Gasteiger partial charge on any atom is 0.573 e. The van der Waals surface area contributed by atoms with Crippen molar-refractivity contribution >= 4 is 49.1 Å². The van der Waals surface area contributed by atoms with Crippen LogP contribution in [0.1, 0.15) is 16.2 Å². The third-order valence-electron chi connectivity index (χ3n) is 4.21. The maximum atomic E-state index is 13.7. The number of ether oxygens (including phenoxy) is 1. The lowest BCUT2D eigenvalue weighted by Crippen LogP contribution is -2.17. The van der Waals surface area contributed by atoms with Crippen LogP contribution in [0.4, 0.5) is 32.0 Å². The van der Waals surface area contributed by atoms with Gasteiger partial charge in [-0.25, -0.2) is 9.50 Å². The number of rotatable bonds is 4. The molecule has 0 saturated heterocycles. The number of carbonyl (C=O) groups excluding carboxylic acids is 1. The molecule has 1 N–H and O–H groups in total. The number of alkyl halides is 6. The fraction of sp³-hybridized carbons (Fsp3) is 0.105. The zero-order valence-electron chi connectivity index (χ0n) is 16.1. The van der Waals surface area contributed by atoms with Crippen molar-refractivity contribution in [3.8, 4) is 17.2 Å². The van der Waals surface area contributed by atoms with Crippen molar-refractivity contribution in [1.82, 2.24) is 14.6 Å². The second kappa shape index (κ2) is 8.61. The maximum absolute atomic E-state index is 13.7.